The third-order valence-corrected chi connectivity index (χ3v) is 5.81. The summed E-state index contributed by atoms with van der Waals surface area (Å²) in [6.45, 7) is 6.26. The first-order chi connectivity index (χ1) is 14.8. The van der Waals surface area contributed by atoms with Crippen molar-refractivity contribution >= 4 is 27.8 Å². The molecular formula is C25H25NO5. The number of aryl methyl sites for hydroxylation is 3. The number of hydrogen-bond donors (Lipinski definition) is 2. The van der Waals surface area contributed by atoms with Crippen LogP contribution in [0.3, 0.4) is 0 Å². The summed E-state index contributed by atoms with van der Waals surface area (Å²) in [5.74, 6) is 0.103. The molecule has 6 nitrogen and oxygen atoms in total. The van der Waals surface area contributed by atoms with Crippen molar-refractivity contribution in [3.63, 3.8) is 0 Å². The van der Waals surface area contributed by atoms with Crippen molar-refractivity contribution in [3.8, 4) is 5.75 Å². The van der Waals surface area contributed by atoms with Gasteiger partial charge in [0.2, 0.25) is 5.91 Å². The number of carbonyl (C=O) groups is 1. The number of nitrogens with one attached hydrogen (secondary N) is 1. The van der Waals surface area contributed by atoms with E-state index in [0.717, 1.165) is 38.6 Å². The number of phenols is 1. The zero-order chi connectivity index (χ0) is 22.1. The zero-order valence-electron chi connectivity index (χ0n) is 17.9. The molecule has 2 heterocycles. The van der Waals surface area contributed by atoms with Crippen molar-refractivity contribution in [1.29, 1.82) is 0 Å². The summed E-state index contributed by atoms with van der Waals surface area (Å²) < 4.78 is 11.3. The highest BCUT2D eigenvalue weighted by molar-refractivity contribution is 5.99. The Bertz CT molecular complexity index is 1330. The zero-order valence-corrected chi connectivity index (χ0v) is 17.9. The van der Waals surface area contributed by atoms with E-state index in [1.165, 1.54) is 0 Å². The predicted octanol–water partition coefficient (Wildman–Crippen LogP) is 4.46. The van der Waals surface area contributed by atoms with Crippen molar-refractivity contribution in [3.05, 3.63) is 74.8 Å². The summed E-state index contributed by atoms with van der Waals surface area (Å²) in [5.41, 5.74) is 5.09. The first-order valence-electron chi connectivity index (χ1n) is 10.3. The second-order valence-corrected chi connectivity index (χ2v) is 7.93. The molecule has 0 aliphatic heterocycles. The van der Waals surface area contributed by atoms with E-state index >= 15 is 0 Å². The summed E-state index contributed by atoms with van der Waals surface area (Å²) in [4.78, 5) is 24.9. The summed E-state index contributed by atoms with van der Waals surface area (Å²) in [5, 5.41) is 14.1. The van der Waals surface area contributed by atoms with Crippen molar-refractivity contribution in [1.82, 2.24) is 5.32 Å². The van der Waals surface area contributed by atoms with Crippen molar-refractivity contribution in [2.24, 2.45) is 0 Å². The second-order valence-electron chi connectivity index (χ2n) is 7.93. The fraction of sp³-hybridized carbons (Fsp3) is 0.280. The molecule has 2 N–H and O–H groups in total. The molecule has 0 bridgehead atoms. The van der Waals surface area contributed by atoms with Gasteiger partial charge in [0.1, 0.15) is 16.9 Å². The molecule has 2 aromatic carbocycles. The van der Waals surface area contributed by atoms with Crippen LogP contribution in [0.2, 0.25) is 0 Å². The van der Waals surface area contributed by atoms with Gasteiger partial charge in [-0.05, 0) is 68.5 Å². The van der Waals surface area contributed by atoms with E-state index in [2.05, 4.69) is 5.32 Å². The molecule has 4 rings (SSSR count). The lowest BCUT2D eigenvalue weighted by Gasteiger charge is -2.10. The molecule has 0 unspecified atom stereocenters. The normalized spacial score (nSPS) is 11.3. The third kappa shape index (κ3) is 4.06. The van der Waals surface area contributed by atoms with E-state index in [4.69, 9.17) is 8.83 Å². The van der Waals surface area contributed by atoms with Crippen LogP contribution in [0.5, 0.6) is 5.75 Å². The highest BCUT2D eigenvalue weighted by Gasteiger charge is 2.18. The van der Waals surface area contributed by atoms with Gasteiger partial charge in [0.15, 0.2) is 0 Å². The van der Waals surface area contributed by atoms with Crippen molar-refractivity contribution in [2.75, 3.05) is 6.54 Å². The van der Waals surface area contributed by atoms with Crippen LogP contribution in [0.25, 0.3) is 21.9 Å². The quantitative estimate of drug-likeness (QED) is 0.450. The highest BCUT2D eigenvalue weighted by Crippen LogP contribution is 2.32. The fourth-order valence-electron chi connectivity index (χ4n) is 3.94. The second kappa shape index (κ2) is 8.30. The average molecular weight is 419 g/mol. The maximum absolute atomic E-state index is 12.6. The molecule has 0 fully saturated rings. The first kappa shape index (κ1) is 20.7. The lowest BCUT2D eigenvalue weighted by molar-refractivity contribution is -0.121. The van der Waals surface area contributed by atoms with Crippen molar-refractivity contribution < 1.29 is 18.7 Å². The molecule has 0 aliphatic carbocycles. The minimum absolute atomic E-state index is 0.116. The average Bonchev–Trinajstić information content (AvgIpc) is 3.11. The van der Waals surface area contributed by atoms with Crippen LogP contribution < -0.4 is 10.9 Å². The molecule has 0 aliphatic rings. The van der Waals surface area contributed by atoms with E-state index in [9.17, 15) is 14.7 Å². The molecule has 31 heavy (non-hydrogen) atoms. The Morgan fingerprint density at radius 1 is 1.00 bits per heavy atom. The molecule has 0 saturated heterocycles. The van der Waals surface area contributed by atoms with Crippen LogP contribution in [-0.4, -0.2) is 17.6 Å². The van der Waals surface area contributed by atoms with E-state index in [1.807, 2.05) is 39.0 Å². The van der Waals surface area contributed by atoms with Gasteiger partial charge >= 0.3 is 5.63 Å². The van der Waals surface area contributed by atoms with Gasteiger partial charge < -0.3 is 19.3 Å². The Balaban J connectivity index is 1.48. The van der Waals surface area contributed by atoms with Gasteiger partial charge in [0, 0.05) is 34.9 Å². The monoisotopic (exact) mass is 419 g/mol. The van der Waals surface area contributed by atoms with E-state index in [1.54, 1.807) is 18.4 Å². The molecule has 6 heteroatoms. The van der Waals surface area contributed by atoms with Crippen LogP contribution in [0.4, 0.5) is 0 Å². The lowest BCUT2D eigenvalue weighted by Crippen LogP contribution is -2.26. The number of carbonyl (C=O) groups excluding carboxylic acids is 1. The molecule has 160 valence electrons. The van der Waals surface area contributed by atoms with Gasteiger partial charge in [0.25, 0.3) is 0 Å². The van der Waals surface area contributed by atoms with Gasteiger partial charge in [-0.1, -0.05) is 12.1 Å². The van der Waals surface area contributed by atoms with Crippen LogP contribution in [0.15, 0.2) is 50.2 Å². The number of phenolic OH excluding ortho intramolecular Hbond substituents is 1. The Hall–Kier alpha value is -3.54. The molecule has 0 atom stereocenters. The number of rotatable bonds is 6. The predicted molar refractivity (Wildman–Crippen MR) is 120 cm³/mol. The first-order valence-corrected chi connectivity index (χ1v) is 10.3. The smallest absolute Gasteiger partial charge is 0.339 e. The van der Waals surface area contributed by atoms with Crippen molar-refractivity contribution in [2.45, 2.75) is 40.0 Å². The van der Waals surface area contributed by atoms with Gasteiger partial charge in [-0.3, -0.25) is 4.79 Å². The highest BCUT2D eigenvalue weighted by atomic mass is 16.4. The maximum Gasteiger partial charge on any atom is 0.339 e. The van der Waals surface area contributed by atoms with Crippen LogP contribution in [0.1, 0.15) is 34.2 Å². The SMILES string of the molecule is Cc1coc2c(C)c3oc(=O)c(CCC(=O)NCCc4ccc(O)cc4)c(C)c3cc12. The Morgan fingerprint density at radius 3 is 2.48 bits per heavy atom. The minimum atomic E-state index is -0.410. The van der Waals surface area contributed by atoms with E-state index in [-0.39, 0.29) is 18.1 Å². The molecule has 0 radical (unpaired) electrons. The van der Waals surface area contributed by atoms with Gasteiger partial charge in [-0.25, -0.2) is 4.79 Å². The topological polar surface area (TPSA) is 92.7 Å². The number of fused-ring (bicyclic) bond motifs is 2. The summed E-state index contributed by atoms with van der Waals surface area (Å²) >= 11 is 0. The number of furan rings is 1. The molecule has 0 spiro atoms. The summed E-state index contributed by atoms with van der Waals surface area (Å²) in [6.07, 6.45) is 2.89. The third-order valence-electron chi connectivity index (χ3n) is 5.81. The molecule has 2 aromatic heterocycles. The van der Waals surface area contributed by atoms with E-state index < -0.39 is 5.63 Å². The lowest BCUT2D eigenvalue weighted by atomic mass is 9.98. The Morgan fingerprint density at radius 2 is 1.74 bits per heavy atom. The molecule has 4 aromatic rings. The van der Waals surface area contributed by atoms with Gasteiger partial charge in [-0.2, -0.15) is 0 Å². The number of hydrogen-bond acceptors (Lipinski definition) is 5. The largest absolute Gasteiger partial charge is 0.508 e. The van der Waals surface area contributed by atoms with Gasteiger partial charge in [-0.15, -0.1) is 0 Å². The standard InChI is InChI=1S/C25H25NO5/c1-14-13-30-23-16(3)24-21(12-20(14)23)15(2)19(25(29)31-24)8-9-22(28)26-11-10-17-4-6-18(27)7-5-17/h4-7,12-13,27H,8-11H2,1-3H3,(H,26,28). The van der Waals surface area contributed by atoms with E-state index in [0.29, 0.717) is 30.5 Å². The summed E-state index contributed by atoms with van der Waals surface area (Å²) in [7, 11) is 0. The molecule has 1 amide bonds. The minimum Gasteiger partial charge on any atom is -0.508 e. The summed E-state index contributed by atoms with van der Waals surface area (Å²) in [6, 6.07) is 8.90. The Kier molecular flexibility index (Phi) is 5.55. The maximum atomic E-state index is 12.6. The van der Waals surface area contributed by atoms with Crippen LogP contribution >= 0.6 is 0 Å². The fourth-order valence-corrected chi connectivity index (χ4v) is 3.94. The number of amides is 1. The van der Waals surface area contributed by atoms with Crippen LogP contribution in [0, 0.1) is 20.8 Å². The van der Waals surface area contributed by atoms with Gasteiger partial charge in [0.05, 0.1) is 6.26 Å². The number of benzene rings is 2. The number of aromatic hydroxyl groups is 1. The molecular weight excluding hydrogens is 394 g/mol. The van der Waals surface area contributed by atoms with Crippen LogP contribution in [-0.2, 0) is 17.6 Å². The Labute approximate surface area is 179 Å². The molecule has 0 saturated carbocycles.